The van der Waals surface area contributed by atoms with Crippen LogP contribution in [-0.2, 0) is 4.79 Å². The third-order valence-electron chi connectivity index (χ3n) is 2.90. The molecule has 1 amide bonds. The Hall–Kier alpha value is -0.570. The highest BCUT2D eigenvalue weighted by Crippen LogP contribution is 2.25. The first kappa shape index (κ1) is 11.5. The molecule has 14 heavy (non-hydrogen) atoms. The molecule has 0 aromatic carbocycles. The number of likely N-dealkylation sites (N-methyl/N-ethyl adjacent to an activating group) is 1. The van der Waals surface area contributed by atoms with Gasteiger partial charge in [0.15, 0.2) is 0 Å². The molecule has 0 aromatic rings. The number of carbonyl (C=O) groups excluding carboxylic acids is 1. The SMILES string of the molecule is CNCCNC(=O)CC1CCCCC1. The number of rotatable bonds is 5. The van der Waals surface area contributed by atoms with Crippen LogP contribution >= 0.6 is 0 Å². The maximum absolute atomic E-state index is 11.4. The van der Waals surface area contributed by atoms with Crippen LogP contribution in [0.1, 0.15) is 38.5 Å². The summed E-state index contributed by atoms with van der Waals surface area (Å²) in [5.74, 6) is 0.880. The molecule has 1 fully saturated rings. The fourth-order valence-corrected chi connectivity index (χ4v) is 2.05. The van der Waals surface area contributed by atoms with Gasteiger partial charge in [0, 0.05) is 19.5 Å². The topological polar surface area (TPSA) is 41.1 Å². The highest BCUT2D eigenvalue weighted by Gasteiger charge is 2.16. The van der Waals surface area contributed by atoms with E-state index in [0.717, 1.165) is 19.5 Å². The van der Waals surface area contributed by atoms with Crippen LogP contribution in [0, 0.1) is 5.92 Å². The zero-order chi connectivity index (χ0) is 10.2. The minimum atomic E-state index is 0.229. The smallest absolute Gasteiger partial charge is 0.220 e. The molecule has 3 nitrogen and oxygen atoms in total. The van der Waals surface area contributed by atoms with E-state index >= 15 is 0 Å². The molecule has 0 heterocycles. The maximum atomic E-state index is 11.4. The van der Waals surface area contributed by atoms with Crippen molar-refractivity contribution in [1.29, 1.82) is 0 Å². The molecule has 0 unspecified atom stereocenters. The summed E-state index contributed by atoms with van der Waals surface area (Å²) in [5, 5.41) is 5.94. The Balaban J connectivity index is 2.06. The van der Waals surface area contributed by atoms with Gasteiger partial charge in [-0.25, -0.2) is 0 Å². The number of nitrogens with one attached hydrogen (secondary N) is 2. The Kier molecular flexibility index (Phi) is 5.60. The van der Waals surface area contributed by atoms with E-state index in [4.69, 9.17) is 0 Å². The average molecular weight is 198 g/mol. The summed E-state index contributed by atoms with van der Waals surface area (Å²) in [7, 11) is 1.90. The molecule has 1 saturated carbocycles. The van der Waals surface area contributed by atoms with Crippen LogP contribution in [0.5, 0.6) is 0 Å². The van der Waals surface area contributed by atoms with Crippen molar-refractivity contribution < 1.29 is 4.79 Å². The molecule has 0 aromatic heterocycles. The molecule has 0 spiro atoms. The highest BCUT2D eigenvalue weighted by molar-refractivity contribution is 5.76. The van der Waals surface area contributed by atoms with Gasteiger partial charge in [0.1, 0.15) is 0 Å². The van der Waals surface area contributed by atoms with Gasteiger partial charge in [0.25, 0.3) is 0 Å². The van der Waals surface area contributed by atoms with E-state index in [0.29, 0.717) is 5.92 Å². The van der Waals surface area contributed by atoms with Crippen LogP contribution < -0.4 is 10.6 Å². The number of hydrogen-bond donors (Lipinski definition) is 2. The predicted molar refractivity (Wildman–Crippen MR) is 58.1 cm³/mol. The fourth-order valence-electron chi connectivity index (χ4n) is 2.05. The minimum Gasteiger partial charge on any atom is -0.355 e. The number of carbonyl (C=O) groups is 1. The fraction of sp³-hybridized carbons (Fsp3) is 0.909. The summed E-state index contributed by atoms with van der Waals surface area (Å²) in [6.45, 7) is 1.61. The molecule has 3 heteroatoms. The zero-order valence-corrected chi connectivity index (χ0v) is 9.14. The van der Waals surface area contributed by atoms with Crippen molar-refractivity contribution in [2.45, 2.75) is 38.5 Å². The second-order valence-corrected chi connectivity index (χ2v) is 4.16. The first-order chi connectivity index (χ1) is 6.83. The minimum absolute atomic E-state index is 0.229. The van der Waals surface area contributed by atoms with Crippen molar-refractivity contribution in [3.05, 3.63) is 0 Å². The van der Waals surface area contributed by atoms with Gasteiger partial charge in [-0.2, -0.15) is 0 Å². The molecule has 1 aliphatic carbocycles. The average Bonchev–Trinajstić information content (AvgIpc) is 2.20. The first-order valence-corrected chi connectivity index (χ1v) is 5.74. The summed E-state index contributed by atoms with van der Waals surface area (Å²) in [4.78, 5) is 11.4. The molecule has 0 aliphatic heterocycles. The van der Waals surface area contributed by atoms with E-state index in [1.165, 1.54) is 32.1 Å². The van der Waals surface area contributed by atoms with Gasteiger partial charge in [-0.05, 0) is 25.8 Å². The van der Waals surface area contributed by atoms with Crippen molar-refractivity contribution in [2.24, 2.45) is 5.92 Å². The Morgan fingerprint density at radius 2 is 1.93 bits per heavy atom. The lowest BCUT2D eigenvalue weighted by Gasteiger charge is -2.20. The van der Waals surface area contributed by atoms with E-state index in [1.807, 2.05) is 7.05 Å². The summed E-state index contributed by atoms with van der Waals surface area (Å²) in [6.07, 6.45) is 7.23. The third kappa shape index (κ3) is 4.61. The van der Waals surface area contributed by atoms with E-state index in [2.05, 4.69) is 10.6 Å². The summed E-state index contributed by atoms with van der Waals surface area (Å²) in [5.41, 5.74) is 0. The van der Waals surface area contributed by atoms with Crippen molar-refractivity contribution in [3.8, 4) is 0 Å². The molecular weight excluding hydrogens is 176 g/mol. The second kappa shape index (κ2) is 6.82. The number of amides is 1. The number of hydrogen-bond acceptors (Lipinski definition) is 2. The Morgan fingerprint density at radius 1 is 1.21 bits per heavy atom. The van der Waals surface area contributed by atoms with Crippen LogP contribution in [0.3, 0.4) is 0 Å². The predicted octanol–water partition coefficient (Wildman–Crippen LogP) is 1.29. The molecule has 0 bridgehead atoms. The lowest BCUT2D eigenvalue weighted by Crippen LogP contribution is -2.31. The maximum Gasteiger partial charge on any atom is 0.220 e. The lowest BCUT2D eigenvalue weighted by atomic mass is 9.87. The van der Waals surface area contributed by atoms with E-state index in [-0.39, 0.29) is 5.91 Å². The van der Waals surface area contributed by atoms with E-state index in [1.54, 1.807) is 0 Å². The molecule has 0 saturated heterocycles. The summed E-state index contributed by atoms with van der Waals surface area (Å²) >= 11 is 0. The standard InChI is InChI=1S/C11H22N2O/c1-12-7-8-13-11(14)9-10-5-3-2-4-6-10/h10,12H,2-9H2,1H3,(H,13,14). The molecule has 82 valence electrons. The van der Waals surface area contributed by atoms with Crippen LogP contribution in [0.15, 0.2) is 0 Å². The molecule has 0 atom stereocenters. The van der Waals surface area contributed by atoms with Gasteiger partial charge in [-0.3, -0.25) is 4.79 Å². The van der Waals surface area contributed by atoms with Gasteiger partial charge in [0.05, 0.1) is 0 Å². The van der Waals surface area contributed by atoms with Crippen LogP contribution in [0.4, 0.5) is 0 Å². The van der Waals surface area contributed by atoms with Crippen LogP contribution in [0.25, 0.3) is 0 Å². The third-order valence-corrected chi connectivity index (χ3v) is 2.90. The molecule has 1 aliphatic rings. The van der Waals surface area contributed by atoms with Crippen molar-refractivity contribution in [3.63, 3.8) is 0 Å². The summed E-state index contributed by atoms with van der Waals surface area (Å²) < 4.78 is 0. The second-order valence-electron chi connectivity index (χ2n) is 4.16. The Bertz CT molecular complexity index is 165. The van der Waals surface area contributed by atoms with Gasteiger partial charge >= 0.3 is 0 Å². The molecule has 2 N–H and O–H groups in total. The highest BCUT2D eigenvalue weighted by atomic mass is 16.1. The van der Waals surface area contributed by atoms with Crippen molar-refractivity contribution in [1.82, 2.24) is 10.6 Å². The van der Waals surface area contributed by atoms with Crippen LogP contribution in [-0.4, -0.2) is 26.0 Å². The van der Waals surface area contributed by atoms with Gasteiger partial charge < -0.3 is 10.6 Å². The lowest BCUT2D eigenvalue weighted by molar-refractivity contribution is -0.122. The molecule has 1 rings (SSSR count). The summed E-state index contributed by atoms with van der Waals surface area (Å²) in [6, 6.07) is 0. The molecule has 0 radical (unpaired) electrons. The van der Waals surface area contributed by atoms with E-state index in [9.17, 15) is 4.79 Å². The van der Waals surface area contributed by atoms with Gasteiger partial charge in [0.2, 0.25) is 5.91 Å². The van der Waals surface area contributed by atoms with Gasteiger partial charge in [-0.1, -0.05) is 19.3 Å². The Morgan fingerprint density at radius 3 is 2.57 bits per heavy atom. The van der Waals surface area contributed by atoms with E-state index < -0.39 is 0 Å². The normalized spacial score (nSPS) is 18.1. The van der Waals surface area contributed by atoms with Crippen molar-refractivity contribution >= 4 is 5.91 Å². The van der Waals surface area contributed by atoms with Gasteiger partial charge in [-0.15, -0.1) is 0 Å². The van der Waals surface area contributed by atoms with Crippen molar-refractivity contribution in [2.75, 3.05) is 20.1 Å². The quantitative estimate of drug-likeness (QED) is 0.654. The monoisotopic (exact) mass is 198 g/mol. The largest absolute Gasteiger partial charge is 0.355 e. The first-order valence-electron chi connectivity index (χ1n) is 5.74. The Labute approximate surface area is 86.6 Å². The zero-order valence-electron chi connectivity index (χ0n) is 9.14. The van der Waals surface area contributed by atoms with Crippen LogP contribution in [0.2, 0.25) is 0 Å². The molecular formula is C11H22N2O.